The molecule has 1 aromatic rings. The highest BCUT2D eigenvalue weighted by Gasteiger charge is 2.27. The standard InChI is InChI=1S/C18H29NO/c1-6-14(3)17(19(4)5)13-16(18(20)7-2)15-11-9-8-10-12-15/h8-12,14,16-17H,6-7,13H2,1-5H3/t14-,16+,17-/m1/s1. The summed E-state index contributed by atoms with van der Waals surface area (Å²) in [6.07, 6.45) is 2.67. The summed E-state index contributed by atoms with van der Waals surface area (Å²) in [5.74, 6) is 0.981. The molecule has 0 spiro atoms. The topological polar surface area (TPSA) is 20.3 Å². The van der Waals surface area contributed by atoms with E-state index in [1.165, 1.54) is 0 Å². The first kappa shape index (κ1) is 16.9. The van der Waals surface area contributed by atoms with Crippen LogP contribution in [0.3, 0.4) is 0 Å². The van der Waals surface area contributed by atoms with Crippen molar-refractivity contribution in [2.24, 2.45) is 5.92 Å². The summed E-state index contributed by atoms with van der Waals surface area (Å²) in [4.78, 5) is 14.6. The average molecular weight is 275 g/mol. The molecule has 112 valence electrons. The molecule has 0 unspecified atom stereocenters. The molecule has 3 atom stereocenters. The van der Waals surface area contributed by atoms with Crippen molar-refractivity contribution in [3.63, 3.8) is 0 Å². The van der Waals surface area contributed by atoms with Crippen LogP contribution >= 0.6 is 0 Å². The van der Waals surface area contributed by atoms with Crippen molar-refractivity contribution in [3.05, 3.63) is 35.9 Å². The average Bonchev–Trinajstić information content (AvgIpc) is 2.47. The van der Waals surface area contributed by atoms with Gasteiger partial charge in [-0.05, 0) is 32.0 Å². The summed E-state index contributed by atoms with van der Waals surface area (Å²) in [6, 6.07) is 10.7. The third kappa shape index (κ3) is 4.45. The quantitative estimate of drug-likeness (QED) is 0.711. The predicted molar refractivity (Wildman–Crippen MR) is 86.0 cm³/mol. The van der Waals surface area contributed by atoms with Gasteiger partial charge in [0.2, 0.25) is 0 Å². The van der Waals surface area contributed by atoms with Crippen LogP contribution in [0.5, 0.6) is 0 Å². The zero-order chi connectivity index (χ0) is 15.1. The van der Waals surface area contributed by atoms with Crippen LogP contribution in [0.15, 0.2) is 30.3 Å². The van der Waals surface area contributed by atoms with E-state index in [0.29, 0.717) is 24.2 Å². The fourth-order valence-corrected chi connectivity index (χ4v) is 2.85. The number of hydrogen-bond acceptors (Lipinski definition) is 2. The molecule has 0 saturated heterocycles. The van der Waals surface area contributed by atoms with E-state index in [1.807, 2.05) is 25.1 Å². The molecule has 2 heteroatoms. The van der Waals surface area contributed by atoms with Gasteiger partial charge in [-0.1, -0.05) is 57.5 Å². The van der Waals surface area contributed by atoms with Gasteiger partial charge in [0, 0.05) is 18.4 Å². The summed E-state index contributed by atoms with van der Waals surface area (Å²) in [5.41, 5.74) is 1.16. The SMILES string of the molecule is CCC(=O)[C@@H](C[C@H]([C@H](C)CC)N(C)C)c1ccccc1. The van der Waals surface area contributed by atoms with E-state index in [9.17, 15) is 4.79 Å². The lowest BCUT2D eigenvalue weighted by Crippen LogP contribution is -2.36. The molecule has 0 fully saturated rings. The maximum Gasteiger partial charge on any atom is 0.140 e. The summed E-state index contributed by atoms with van der Waals surface area (Å²) >= 11 is 0. The summed E-state index contributed by atoms with van der Waals surface area (Å²) in [5, 5.41) is 0. The lowest BCUT2D eigenvalue weighted by molar-refractivity contribution is -0.120. The van der Waals surface area contributed by atoms with Gasteiger partial charge in [0.1, 0.15) is 5.78 Å². The normalized spacial score (nSPS) is 15.9. The third-order valence-corrected chi connectivity index (χ3v) is 4.38. The van der Waals surface area contributed by atoms with Gasteiger partial charge in [-0.25, -0.2) is 0 Å². The Morgan fingerprint density at radius 2 is 1.75 bits per heavy atom. The Hall–Kier alpha value is -1.15. The third-order valence-electron chi connectivity index (χ3n) is 4.38. The van der Waals surface area contributed by atoms with E-state index in [2.05, 4.69) is 45.0 Å². The van der Waals surface area contributed by atoms with Crippen LogP contribution in [-0.2, 0) is 4.79 Å². The Balaban J connectivity index is 2.97. The highest BCUT2D eigenvalue weighted by molar-refractivity contribution is 5.85. The van der Waals surface area contributed by atoms with Gasteiger partial charge in [0.05, 0.1) is 0 Å². The molecular weight excluding hydrogens is 246 g/mol. The van der Waals surface area contributed by atoms with E-state index in [4.69, 9.17) is 0 Å². The van der Waals surface area contributed by atoms with E-state index in [-0.39, 0.29) is 5.92 Å². The molecule has 0 amide bonds. The molecule has 0 aliphatic carbocycles. The lowest BCUT2D eigenvalue weighted by Gasteiger charge is -2.32. The summed E-state index contributed by atoms with van der Waals surface area (Å²) < 4.78 is 0. The van der Waals surface area contributed by atoms with Gasteiger partial charge in [-0.2, -0.15) is 0 Å². The summed E-state index contributed by atoms with van der Waals surface area (Å²) in [7, 11) is 4.24. The maximum absolute atomic E-state index is 12.4. The largest absolute Gasteiger partial charge is 0.306 e. The Bertz CT molecular complexity index is 399. The van der Waals surface area contributed by atoms with Crippen molar-refractivity contribution in [2.45, 2.75) is 52.0 Å². The molecule has 0 radical (unpaired) electrons. The van der Waals surface area contributed by atoms with Crippen LogP contribution in [0.1, 0.15) is 51.5 Å². The molecule has 1 aromatic carbocycles. The minimum Gasteiger partial charge on any atom is -0.306 e. The molecule has 0 heterocycles. The highest BCUT2D eigenvalue weighted by Crippen LogP contribution is 2.28. The van der Waals surface area contributed by atoms with Gasteiger partial charge in [-0.3, -0.25) is 4.79 Å². The van der Waals surface area contributed by atoms with Crippen LogP contribution in [0, 0.1) is 5.92 Å². The predicted octanol–water partition coefficient (Wildman–Crippen LogP) is 4.12. The number of Topliss-reactive ketones (excluding diaryl/α,β-unsaturated/α-hetero) is 1. The molecule has 20 heavy (non-hydrogen) atoms. The van der Waals surface area contributed by atoms with Crippen molar-refractivity contribution in [3.8, 4) is 0 Å². The van der Waals surface area contributed by atoms with Gasteiger partial charge in [0.25, 0.3) is 0 Å². The van der Waals surface area contributed by atoms with Crippen LogP contribution < -0.4 is 0 Å². The Morgan fingerprint density at radius 3 is 2.20 bits per heavy atom. The van der Waals surface area contributed by atoms with Crippen molar-refractivity contribution >= 4 is 5.78 Å². The number of hydrogen-bond donors (Lipinski definition) is 0. The molecule has 0 N–H and O–H groups in total. The second-order valence-electron chi connectivity index (χ2n) is 5.94. The van der Waals surface area contributed by atoms with Crippen LogP contribution in [0.25, 0.3) is 0 Å². The number of rotatable bonds is 8. The maximum atomic E-state index is 12.4. The molecule has 0 aliphatic heterocycles. The zero-order valence-electron chi connectivity index (χ0n) is 13.6. The first-order valence-corrected chi connectivity index (χ1v) is 7.75. The Labute approximate surface area is 124 Å². The summed E-state index contributed by atoms with van der Waals surface area (Å²) in [6.45, 7) is 6.47. The minimum atomic E-state index is 0.0302. The van der Waals surface area contributed by atoms with Gasteiger partial charge < -0.3 is 4.90 Å². The second-order valence-corrected chi connectivity index (χ2v) is 5.94. The van der Waals surface area contributed by atoms with Gasteiger partial charge in [0.15, 0.2) is 0 Å². The molecule has 0 saturated carbocycles. The smallest absolute Gasteiger partial charge is 0.140 e. The molecule has 0 aromatic heterocycles. The first-order chi connectivity index (χ1) is 9.51. The van der Waals surface area contributed by atoms with Crippen molar-refractivity contribution in [2.75, 3.05) is 14.1 Å². The van der Waals surface area contributed by atoms with Gasteiger partial charge in [-0.15, -0.1) is 0 Å². The van der Waals surface area contributed by atoms with Gasteiger partial charge >= 0.3 is 0 Å². The molecular formula is C18H29NO. The van der Waals surface area contributed by atoms with E-state index in [1.54, 1.807) is 0 Å². The van der Waals surface area contributed by atoms with Crippen LogP contribution in [0.4, 0.5) is 0 Å². The Kier molecular flexibility index (Phi) is 6.94. The van der Waals surface area contributed by atoms with Crippen LogP contribution in [-0.4, -0.2) is 30.8 Å². The highest BCUT2D eigenvalue weighted by atomic mass is 16.1. The molecule has 2 nitrogen and oxygen atoms in total. The number of nitrogens with zero attached hydrogens (tertiary/aromatic N) is 1. The lowest BCUT2D eigenvalue weighted by atomic mass is 9.83. The van der Waals surface area contributed by atoms with E-state index in [0.717, 1.165) is 18.4 Å². The Morgan fingerprint density at radius 1 is 1.15 bits per heavy atom. The second kappa shape index (κ2) is 8.21. The molecule has 1 rings (SSSR count). The first-order valence-electron chi connectivity index (χ1n) is 7.75. The molecule has 0 bridgehead atoms. The van der Waals surface area contributed by atoms with E-state index < -0.39 is 0 Å². The fraction of sp³-hybridized carbons (Fsp3) is 0.611. The number of carbonyl (C=O) groups is 1. The monoisotopic (exact) mass is 275 g/mol. The number of ketones is 1. The number of benzene rings is 1. The minimum absolute atomic E-state index is 0.0302. The van der Waals surface area contributed by atoms with E-state index >= 15 is 0 Å². The van der Waals surface area contributed by atoms with Crippen molar-refractivity contribution in [1.82, 2.24) is 4.90 Å². The zero-order valence-corrected chi connectivity index (χ0v) is 13.6. The molecule has 0 aliphatic rings. The van der Waals surface area contributed by atoms with Crippen molar-refractivity contribution < 1.29 is 4.79 Å². The van der Waals surface area contributed by atoms with Crippen molar-refractivity contribution in [1.29, 1.82) is 0 Å². The number of carbonyl (C=O) groups excluding carboxylic acids is 1. The van der Waals surface area contributed by atoms with Crippen LogP contribution in [0.2, 0.25) is 0 Å². The fourth-order valence-electron chi connectivity index (χ4n) is 2.85.